The van der Waals surface area contributed by atoms with Gasteiger partial charge in [-0.2, -0.15) is 0 Å². The van der Waals surface area contributed by atoms with E-state index in [2.05, 4.69) is 39.8 Å². The minimum atomic E-state index is -0.0383. The van der Waals surface area contributed by atoms with E-state index >= 15 is 0 Å². The van der Waals surface area contributed by atoms with Crippen molar-refractivity contribution in [2.24, 2.45) is 11.3 Å². The minimum absolute atomic E-state index is 0.0340. The van der Waals surface area contributed by atoms with Crippen molar-refractivity contribution in [2.75, 3.05) is 6.61 Å². The maximum Gasteiger partial charge on any atom is 0.0986 e. The summed E-state index contributed by atoms with van der Waals surface area (Å²) in [7, 11) is 0. The standard InChI is InChI=1S/C16H23ClO/c1-12(2)15(3,4)16(11-18-16)10-14(17)13-8-6-5-7-9-13/h5-9,12,14H,10-11H2,1-4H3. The highest BCUT2D eigenvalue weighted by molar-refractivity contribution is 6.20. The van der Waals surface area contributed by atoms with Crippen LogP contribution in [0.1, 0.15) is 45.1 Å². The van der Waals surface area contributed by atoms with E-state index in [1.807, 2.05) is 18.2 Å². The third-order valence-electron chi connectivity index (χ3n) is 4.78. The molecule has 18 heavy (non-hydrogen) atoms. The molecule has 0 aliphatic carbocycles. The predicted octanol–water partition coefficient (Wildman–Crippen LogP) is 4.81. The summed E-state index contributed by atoms with van der Waals surface area (Å²) in [5, 5.41) is 0.0340. The highest BCUT2D eigenvalue weighted by Crippen LogP contribution is 2.54. The summed E-state index contributed by atoms with van der Waals surface area (Å²) in [5.41, 5.74) is 1.31. The molecule has 0 amide bonds. The van der Waals surface area contributed by atoms with E-state index in [1.54, 1.807) is 0 Å². The first-order valence-corrected chi connectivity index (χ1v) is 7.16. The van der Waals surface area contributed by atoms with Crippen LogP contribution in [0.2, 0.25) is 0 Å². The zero-order valence-electron chi connectivity index (χ0n) is 11.7. The number of hydrogen-bond acceptors (Lipinski definition) is 1. The maximum absolute atomic E-state index is 6.56. The van der Waals surface area contributed by atoms with Crippen molar-refractivity contribution in [1.29, 1.82) is 0 Å². The molecule has 2 atom stereocenters. The van der Waals surface area contributed by atoms with Gasteiger partial charge < -0.3 is 4.74 Å². The first-order chi connectivity index (χ1) is 8.39. The van der Waals surface area contributed by atoms with Crippen molar-refractivity contribution in [1.82, 2.24) is 0 Å². The largest absolute Gasteiger partial charge is 0.369 e. The van der Waals surface area contributed by atoms with E-state index in [9.17, 15) is 0 Å². The highest BCUT2D eigenvalue weighted by atomic mass is 35.5. The Hall–Kier alpha value is -0.530. The molecule has 0 aromatic heterocycles. The summed E-state index contributed by atoms with van der Waals surface area (Å²) >= 11 is 6.56. The van der Waals surface area contributed by atoms with Crippen LogP contribution in [0.3, 0.4) is 0 Å². The van der Waals surface area contributed by atoms with Gasteiger partial charge in [0.1, 0.15) is 0 Å². The van der Waals surface area contributed by atoms with Crippen LogP contribution in [0, 0.1) is 11.3 Å². The summed E-state index contributed by atoms with van der Waals surface area (Å²) in [6.45, 7) is 9.94. The van der Waals surface area contributed by atoms with Crippen LogP contribution in [-0.2, 0) is 4.74 Å². The molecule has 1 aliphatic heterocycles. The second-order valence-corrected chi connectivity index (χ2v) is 6.77. The van der Waals surface area contributed by atoms with Crippen LogP contribution >= 0.6 is 11.6 Å². The third kappa shape index (κ3) is 2.44. The number of epoxide rings is 1. The molecule has 2 heteroatoms. The molecule has 1 aliphatic rings. The van der Waals surface area contributed by atoms with Crippen molar-refractivity contribution in [3.8, 4) is 0 Å². The minimum Gasteiger partial charge on any atom is -0.369 e. The second kappa shape index (κ2) is 4.86. The van der Waals surface area contributed by atoms with Crippen LogP contribution in [-0.4, -0.2) is 12.2 Å². The van der Waals surface area contributed by atoms with Crippen molar-refractivity contribution in [3.63, 3.8) is 0 Å². The summed E-state index contributed by atoms with van der Waals surface area (Å²) in [6.07, 6.45) is 0.893. The smallest absolute Gasteiger partial charge is 0.0986 e. The number of halogens is 1. The molecule has 1 nitrogen and oxygen atoms in total. The fraction of sp³-hybridized carbons (Fsp3) is 0.625. The highest BCUT2D eigenvalue weighted by Gasteiger charge is 2.58. The average Bonchev–Trinajstić information content (AvgIpc) is 3.11. The molecule has 1 aromatic rings. The van der Waals surface area contributed by atoms with Crippen molar-refractivity contribution in [3.05, 3.63) is 35.9 Å². The van der Waals surface area contributed by atoms with Gasteiger partial charge in [-0.3, -0.25) is 0 Å². The van der Waals surface area contributed by atoms with E-state index < -0.39 is 0 Å². The Balaban J connectivity index is 2.10. The monoisotopic (exact) mass is 266 g/mol. The topological polar surface area (TPSA) is 12.5 Å². The average molecular weight is 267 g/mol. The Morgan fingerprint density at radius 3 is 2.28 bits per heavy atom. The SMILES string of the molecule is CC(C)C(C)(C)C1(CC(Cl)c2ccccc2)CO1. The predicted molar refractivity (Wildman–Crippen MR) is 77.0 cm³/mol. The van der Waals surface area contributed by atoms with Crippen molar-refractivity contribution >= 4 is 11.6 Å². The lowest BCUT2D eigenvalue weighted by molar-refractivity contribution is 0.0791. The summed E-state index contributed by atoms with van der Waals surface area (Å²) in [6, 6.07) is 10.3. The lowest BCUT2D eigenvalue weighted by Gasteiger charge is -2.37. The van der Waals surface area contributed by atoms with Gasteiger partial charge >= 0.3 is 0 Å². The summed E-state index contributed by atoms with van der Waals surface area (Å²) in [4.78, 5) is 0. The molecule has 1 saturated heterocycles. The number of ether oxygens (including phenoxy) is 1. The summed E-state index contributed by atoms with van der Waals surface area (Å²) < 4.78 is 5.83. The molecule has 0 N–H and O–H groups in total. The lowest BCUT2D eigenvalue weighted by atomic mass is 9.68. The third-order valence-corrected chi connectivity index (χ3v) is 5.19. The zero-order chi connectivity index (χ0) is 13.4. The van der Waals surface area contributed by atoms with Gasteiger partial charge in [0.15, 0.2) is 0 Å². The molecule has 0 bridgehead atoms. The van der Waals surface area contributed by atoms with E-state index in [0.717, 1.165) is 13.0 Å². The normalized spacial score (nSPS) is 25.2. The van der Waals surface area contributed by atoms with Gasteiger partial charge in [-0.15, -0.1) is 11.6 Å². The van der Waals surface area contributed by atoms with E-state index in [1.165, 1.54) is 5.56 Å². The molecule has 1 heterocycles. The molecular formula is C16H23ClO. The Labute approximate surface area is 115 Å². The molecule has 100 valence electrons. The Bertz CT molecular complexity index is 393. The zero-order valence-corrected chi connectivity index (χ0v) is 12.5. The lowest BCUT2D eigenvalue weighted by Crippen LogP contribution is -2.38. The maximum atomic E-state index is 6.56. The van der Waals surface area contributed by atoms with E-state index in [0.29, 0.717) is 5.92 Å². The fourth-order valence-electron chi connectivity index (χ4n) is 2.44. The molecule has 2 unspecified atom stereocenters. The second-order valence-electron chi connectivity index (χ2n) is 6.24. The quantitative estimate of drug-likeness (QED) is 0.550. The number of alkyl halides is 1. The van der Waals surface area contributed by atoms with E-state index in [-0.39, 0.29) is 16.4 Å². The Kier molecular flexibility index (Phi) is 3.75. The molecule has 2 rings (SSSR count). The van der Waals surface area contributed by atoms with Crippen molar-refractivity contribution < 1.29 is 4.74 Å². The van der Waals surface area contributed by atoms with Gasteiger partial charge in [-0.25, -0.2) is 0 Å². The molecule has 1 fully saturated rings. The molecule has 0 radical (unpaired) electrons. The van der Waals surface area contributed by atoms with Crippen LogP contribution in [0.5, 0.6) is 0 Å². The molecule has 0 saturated carbocycles. The van der Waals surface area contributed by atoms with Crippen molar-refractivity contribution in [2.45, 2.75) is 45.1 Å². The number of hydrogen-bond donors (Lipinski definition) is 0. The Morgan fingerprint density at radius 2 is 1.83 bits per heavy atom. The van der Waals surface area contributed by atoms with Gasteiger partial charge in [0.2, 0.25) is 0 Å². The van der Waals surface area contributed by atoms with Gasteiger partial charge in [0.05, 0.1) is 17.6 Å². The number of rotatable bonds is 5. The van der Waals surface area contributed by atoms with E-state index in [4.69, 9.17) is 16.3 Å². The molecule has 0 spiro atoms. The van der Waals surface area contributed by atoms with Gasteiger partial charge in [-0.1, -0.05) is 58.0 Å². The van der Waals surface area contributed by atoms with Crippen LogP contribution in [0.25, 0.3) is 0 Å². The molecule has 1 aromatic carbocycles. The fourth-order valence-corrected chi connectivity index (χ4v) is 2.83. The number of benzene rings is 1. The Morgan fingerprint density at radius 1 is 1.28 bits per heavy atom. The van der Waals surface area contributed by atoms with Gasteiger partial charge in [0, 0.05) is 0 Å². The summed E-state index contributed by atoms with van der Waals surface area (Å²) in [5.74, 6) is 0.583. The van der Waals surface area contributed by atoms with Crippen LogP contribution in [0.15, 0.2) is 30.3 Å². The first-order valence-electron chi connectivity index (χ1n) is 6.72. The van der Waals surface area contributed by atoms with Crippen LogP contribution < -0.4 is 0 Å². The van der Waals surface area contributed by atoms with Crippen LogP contribution in [0.4, 0.5) is 0 Å². The van der Waals surface area contributed by atoms with Gasteiger partial charge in [-0.05, 0) is 23.3 Å². The first kappa shape index (κ1) is 13.9. The molecular weight excluding hydrogens is 244 g/mol. The van der Waals surface area contributed by atoms with Gasteiger partial charge in [0.25, 0.3) is 0 Å².